The van der Waals surface area contributed by atoms with E-state index < -0.39 is 5.91 Å². The zero-order valence-electron chi connectivity index (χ0n) is 17.5. The maximum atomic E-state index is 13.0. The first-order chi connectivity index (χ1) is 15.4. The number of aromatic nitrogens is 4. The number of benzene rings is 1. The highest BCUT2D eigenvalue weighted by molar-refractivity contribution is 6.05. The molecule has 3 N–H and O–H groups in total. The van der Waals surface area contributed by atoms with E-state index in [1.165, 1.54) is 12.5 Å². The fraction of sp³-hybridized carbons (Fsp3) is 0.174. The molecule has 5 rings (SSSR count). The molecule has 1 amide bonds. The average molecular weight is 428 g/mol. The Hall–Kier alpha value is -4.27. The standard InChI is InChI=1S/C23H20N6O3/c1-23(2)11-14-9-17(15(10-19(14)32-23)13-3-6-25-7-4-13)27-20(30)18-12-31-21(28-18)16-5-8-26-22(24)29-16/h3-10,12H,11H2,1-2H3,(H,27,30)(H2,24,26,29). The average Bonchev–Trinajstić information content (AvgIpc) is 3.37. The van der Waals surface area contributed by atoms with E-state index in [9.17, 15) is 4.79 Å². The summed E-state index contributed by atoms with van der Waals surface area (Å²) < 4.78 is 11.5. The molecule has 1 aliphatic rings. The predicted molar refractivity (Wildman–Crippen MR) is 118 cm³/mol. The molecule has 9 heteroatoms. The number of nitrogens with one attached hydrogen (secondary N) is 1. The van der Waals surface area contributed by atoms with Gasteiger partial charge in [-0.25, -0.2) is 15.0 Å². The minimum atomic E-state index is -0.407. The molecule has 3 aromatic heterocycles. The van der Waals surface area contributed by atoms with E-state index in [2.05, 4.69) is 25.3 Å². The van der Waals surface area contributed by atoms with Crippen LogP contribution in [0.4, 0.5) is 11.6 Å². The van der Waals surface area contributed by atoms with Gasteiger partial charge in [-0.15, -0.1) is 0 Å². The highest BCUT2D eigenvalue weighted by Crippen LogP contribution is 2.41. The Morgan fingerprint density at radius 1 is 1.12 bits per heavy atom. The Morgan fingerprint density at radius 2 is 1.94 bits per heavy atom. The monoisotopic (exact) mass is 428 g/mol. The van der Waals surface area contributed by atoms with Crippen molar-refractivity contribution in [3.05, 3.63) is 66.4 Å². The van der Waals surface area contributed by atoms with Crippen LogP contribution >= 0.6 is 0 Å². The largest absolute Gasteiger partial charge is 0.487 e. The summed E-state index contributed by atoms with van der Waals surface area (Å²) in [7, 11) is 0. The molecule has 0 atom stereocenters. The lowest BCUT2D eigenvalue weighted by molar-refractivity contribution is 0.102. The summed E-state index contributed by atoms with van der Waals surface area (Å²) >= 11 is 0. The zero-order valence-corrected chi connectivity index (χ0v) is 17.5. The lowest BCUT2D eigenvalue weighted by Gasteiger charge is -2.17. The SMILES string of the molecule is CC1(C)Cc2cc(NC(=O)c3coc(-c4ccnc(N)n4)n3)c(-c3ccncc3)cc2O1. The van der Waals surface area contributed by atoms with Crippen LogP contribution in [0.1, 0.15) is 29.9 Å². The van der Waals surface area contributed by atoms with Crippen LogP contribution in [-0.2, 0) is 6.42 Å². The Bertz CT molecular complexity index is 1320. The molecule has 0 spiro atoms. The van der Waals surface area contributed by atoms with Gasteiger partial charge in [0.25, 0.3) is 5.91 Å². The summed E-state index contributed by atoms with van der Waals surface area (Å²) in [5.74, 6) is 0.681. The first-order valence-corrected chi connectivity index (χ1v) is 10.0. The number of nitrogens with two attached hydrogens (primary N) is 1. The molecule has 0 saturated carbocycles. The maximum Gasteiger partial charge on any atom is 0.277 e. The predicted octanol–water partition coefficient (Wildman–Crippen LogP) is 3.74. The molecule has 4 heterocycles. The van der Waals surface area contributed by atoms with Crippen LogP contribution in [0.3, 0.4) is 0 Å². The third-order valence-corrected chi connectivity index (χ3v) is 5.07. The summed E-state index contributed by atoms with van der Waals surface area (Å²) in [6.07, 6.45) is 6.93. The molecule has 0 aliphatic carbocycles. The van der Waals surface area contributed by atoms with Gasteiger partial charge in [-0.2, -0.15) is 0 Å². The van der Waals surface area contributed by atoms with E-state index in [1.54, 1.807) is 18.5 Å². The minimum Gasteiger partial charge on any atom is -0.487 e. The van der Waals surface area contributed by atoms with Gasteiger partial charge in [-0.05, 0) is 49.7 Å². The first kappa shape index (κ1) is 19.7. The highest BCUT2D eigenvalue weighted by Gasteiger charge is 2.31. The molecule has 4 aromatic rings. The van der Waals surface area contributed by atoms with Crippen LogP contribution in [0.5, 0.6) is 5.75 Å². The number of carbonyl (C=O) groups excluding carboxylic acids is 1. The molecule has 1 aromatic carbocycles. The first-order valence-electron chi connectivity index (χ1n) is 10.0. The van der Waals surface area contributed by atoms with Gasteiger partial charge in [0.2, 0.25) is 11.8 Å². The molecule has 160 valence electrons. The summed E-state index contributed by atoms with van der Waals surface area (Å²) in [6.45, 7) is 4.07. The Balaban J connectivity index is 1.48. The summed E-state index contributed by atoms with van der Waals surface area (Å²) in [6, 6.07) is 9.26. The Morgan fingerprint density at radius 3 is 2.72 bits per heavy atom. The fourth-order valence-corrected chi connectivity index (χ4v) is 3.70. The second-order valence-corrected chi connectivity index (χ2v) is 8.07. The summed E-state index contributed by atoms with van der Waals surface area (Å²) in [4.78, 5) is 29.2. The van der Waals surface area contributed by atoms with Gasteiger partial charge in [0, 0.05) is 41.8 Å². The molecular weight excluding hydrogens is 408 g/mol. The molecule has 32 heavy (non-hydrogen) atoms. The quantitative estimate of drug-likeness (QED) is 0.503. The number of rotatable bonds is 4. The number of oxazole rings is 1. The molecular formula is C23H20N6O3. The van der Waals surface area contributed by atoms with Crippen molar-refractivity contribution < 1.29 is 13.9 Å². The zero-order chi connectivity index (χ0) is 22.3. The minimum absolute atomic E-state index is 0.0944. The lowest BCUT2D eigenvalue weighted by Crippen LogP contribution is -2.24. The van der Waals surface area contributed by atoms with Gasteiger partial charge >= 0.3 is 0 Å². The van der Waals surface area contributed by atoms with Gasteiger partial charge in [0.05, 0.1) is 0 Å². The third kappa shape index (κ3) is 3.76. The van der Waals surface area contributed by atoms with Crippen molar-refractivity contribution in [3.63, 3.8) is 0 Å². The van der Waals surface area contributed by atoms with Crippen molar-refractivity contribution in [1.82, 2.24) is 19.9 Å². The van der Waals surface area contributed by atoms with Crippen molar-refractivity contribution >= 4 is 17.5 Å². The van der Waals surface area contributed by atoms with Gasteiger partial charge in [-0.1, -0.05) is 0 Å². The molecule has 0 bridgehead atoms. The van der Waals surface area contributed by atoms with Crippen LogP contribution in [0, 0.1) is 0 Å². The van der Waals surface area contributed by atoms with Gasteiger partial charge in [-0.3, -0.25) is 9.78 Å². The number of nitrogens with zero attached hydrogens (tertiary/aromatic N) is 4. The second kappa shape index (κ2) is 7.45. The van der Waals surface area contributed by atoms with Gasteiger partial charge in [0.15, 0.2) is 5.69 Å². The summed E-state index contributed by atoms with van der Waals surface area (Å²) in [5.41, 5.74) is 9.23. The number of ether oxygens (including phenoxy) is 1. The molecule has 9 nitrogen and oxygen atoms in total. The molecule has 0 fully saturated rings. The molecule has 0 radical (unpaired) electrons. The molecule has 0 saturated heterocycles. The smallest absolute Gasteiger partial charge is 0.277 e. The van der Waals surface area contributed by atoms with Gasteiger partial charge < -0.3 is 20.2 Å². The fourth-order valence-electron chi connectivity index (χ4n) is 3.70. The normalized spacial score (nSPS) is 13.9. The van der Waals surface area contributed by atoms with Crippen molar-refractivity contribution in [1.29, 1.82) is 0 Å². The third-order valence-electron chi connectivity index (χ3n) is 5.07. The van der Waals surface area contributed by atoms with Crippen molar-refractivity contribution in [2.75, 3.05) is 11.1 Å². The van der Waals surface area contributed by atoms with Crippen LogP contribution in [0.15, 0.2) is 59.6 Å². The van der Waals surface area contributed by atoms with E-state index >= 15 is 0 Å². The van der Waals surface area contributed by atoms with Crippen LogP contribution < -0.4 is 15.8 Å². The van der Waals surface area contributed by atoms with Gasteiger partial charge in [0.1, 0.15) is 23.3 Å². The van der Waals surface area contributed by atoms with Crippen molar-refractivity contribution in [2.45, 2.75) is 25.9 Å². The molecule has 1 aliphatic heterocycles. The number of fused-ring (bicyclic) bond motifs is 1. The van der Waals surface area contributed by atoms with Crippen LogP contribution in [-0.4, -0.2) is 31.4 Å². The Kier molecular flexibility index (Phi) is 4.58. The summed E-state index contributed by atoms with van der Waals surface area (Å²) in [5, 5.41) is 2.96. The highest BCUT2D eigenvalue weighted by atomic mass is 16.5. The second-order valence-electron chi connectivity index (χ2n) is 8.07. The number of anilines is 2. The van der Waals surface area contributed by atoms with Crippen molar-refractivity contribution in [3.8, 4) is 28.5 Å². The van der Waals surface area contributed by atoms with E-state index in [0.29, 0.717) is 11.4 Å². The number of hydrogen-bond donors (Lipinski definition) is 2. The number of amides is 1. The van der Waals surface area contributed by atoms with E-state index in [4.69, 9.17) is 14.9 Å². The number of nitrogen functional groups attached to an aromatic ring is 1. The van der Waals surface area contributed by atoms with Crippen molar-refractivity contribution in [2.24, 2.45) is 0 Å². The van der Waals surface area contributed by atoms with E-state index in [1.807, 2.05) is 38.1 Å². The number of hydrogen-bond acceptors (Lipinski definition) is 8. The number of pyridine rings is 1. The maximum absolute atomic E-state index is 13.0. The molecule has 0 unspecified atom stereocenters. The van der Waals surface area contributed by atoms with E-state index in [0.717, 1.165) is 28.9 Å². The van der Waals surface area contributed by atoms with Crippen LogP contribution in [0.2, 0.25) is 0 Å². The number of carbonyl (C=O) groups is 1. The Labute approximate surface area is 183 Å². The topological polar surface area (TPSA) is 129 Å². The van der Waals surface area contributed by atoms with E-state index in [-0.39, 0.29) is 23.1 Å². The van der Waals surface area contributed by atoms with Crippen LogP contribution in [0.25, 0.3) is 22.7 Å². The lowest BCUT2D eigenvalue weighted by atomic mass is 9.97.